The first-order valence-corrected chi connectivity index (χ1v) is 36.1. The molecule has 10 nitrogen and oxygen atoms in total. The summed E-state index contributed by atoms with van der Waals surface area (Å²) >= 11 is 0. The molecule has 0 aromatic rings. The van der Waals surface area contributed by atoms with Gasteiger partial charge in [0.2, 0.25) is 0 Å². The van der Waals surface area contributed by atoms with Crippen molar-refractivity contribution in [1.82, 2.24) is 24.5 Å². The molecular formula is C70H145N5O5. The lowest BCUT2D eigenvalue weighted by Crippen LogP contribution is -2.51. The number of hydrogen-bond donors (Lipinski definition) is 5. The third-order valence-electron chi connectivity index (χ3n) is 17.9. The lowest BCUT2D eigenvalue weighted by Gasteiger charge is -2.37. The second-order valence-corrected chi connectivity index (χ2v) is 26.3. The molecule has 0 spiro atoms. The van der Waals surface area contributed by atoms with Crippen molar-refractivity contribution >= 4 is 0 Å². The Morgan fingerprint density at radius 1 is 0.263 bits per heavy atom. The molecular weight excluding hydrogens is 991 g/mol. The van der Waals surface area contributed by atoms with Crippen LogP contribution in [-0.4, -0.2) is 179 Å². The van der Waals surface area contributed by atoms with Gasteiger partial charge in [-0.05, 0) is 71.9 Å². The average Bonchev–Trinajstić information content (AvgIpc) is 3.43. The zero-order chi connectivity index (χ0) is 58.2. The van der Waals surface area contributed by atoms with E-state index in [0.29, 0.717) is 19.6 Å². The first-order valence-electron chi connectivity index (χ1n) is 36.1. The summed E-state index contributed by atoms with van der Waals surface area (Å²) in [6.07, 6.45) is 54.5. The predicted molar refractivity (Wildman–Crippen MR) is 348 cm³/mol. The third-order valence-corrected chi connectivity index (χ3v) is 17.9. The average molecular weight is 1140 g/mol. The molecule has 1 aliphatic rings. The molecule has 0 saturated carbocycles. The quantitative estimate of drug-likeness (QED) is 0.0377. The largest absolute Gasteiger partial charge is 0.393 e. The molecule has 1 rings (SSSR count). The van der Waals surface area contributed by atoms with Crippen molar-refractivity contribution in [1.29, 1.82) is 0 Å². The van der Waals surface area contributed by atoms with E-state index < -0.39 is 0 Å². The van der Waals surface area contributed by atoms with Gasteiger partial charge in [0.15, 0.2) is 0 Å². The highest BCUT2D eigenvalue weighted by atomic mass is 16.3. The van der Waals surface area contributed by atoms with Crippen LogP contribution in [0.25, 0.3) is 0 Å². The fourth-order valence-electron chi connectivity index (χ4n) is 12.4. The summed E-state index contributed by atoms with van der Waals surface area (Å²) in [7, 11) is 0. The highest BCUT2D eigenvalue weighted by Crippen LogP contribution is 2.18. The van der Waals surface area contributed by atoms with E-state index in [2.05, 4.69) is 45.3 Å². The number of aliphatic hydroxyl groups is 5. The number of hydrogen-bond acceptors (Lipinski definition) is 10. The summed E-state index contributed by atoms with van der Waals surface area (Å²) in [6, 6.07) is 0. The molecule has 0 bridgehead atoms. The van der Waals surface area contributed by atoms with Gasteiger partial charge in [0.1, 0.15) is 0 Å². The van der Waals surface area contributed by atoms with Crippen LogP contribution in [-0.2, 0) is 0 Å². The van der Waals surface area contributed by atoms with Gasteiger partial charge in [0.25, 0.3) is 0 Å². The number of aliphatic hydroxyl groups excluding tert-OH is 5. The Hall–Kier alpha value is -0.400. The van der Waals surface area contributed by atoms with E-state index in [0.717, 1.165) is 123 Å². The fraction of sp³-hybridized carbons (Fsp3) is 1.00. The Morgan fingerprint density at radius 2 is 0.500 bits per heavy atom. The zero-order valence-corrected chi connectivity index (χ0v) is 54.8. The molecule has 0 aromatic carbocycles. The molecule has 0 radical (unpaired) electrons. The maximum absolute atomic E-state index is 11.5. The lowest BCUT2D eigenvalue weighted by molar-refractivity contribution is 0.0445. The summed E-state index contributed by atoms with van der Waals surface area (Å²) in [6.45, 7) is 25.5. The topological polar surface area (TPSA) is 117 Å². The Balaban J connectivity index is 2.87. The van der Waals surface area contributed by atoms with Crippen molar-refractivity contribution < 1.29 is 25.5 Å². The van der Waals surface area contributed by atoms with Gasteiger partial charge in [0, 0.05) is 85.1 Å². The van der Waals surface area contributed by atoms with Crippen LogP contribution < -0.4 is 0 Å². The molecule has 480 valence electrons. The van der Waals surface area contributed by atoms with Gasteiger partial charge in [-0.3, -0.25) is 19.6 Å². The third kappa shape index (κ3) is 53.1. The van der Waals surface area contributed by atoms with E-state index in [1.165, 1.54) is 244 Å². The molecule has 1 fully saturated rings. The molecule has 5 atom stereocenters. The summed E-state index contributed by atoms with van der Waals surface area (Å²) in [4.78, 5) is 13.1. The number of rotatable bonds is 64. The normalized spacial score (nSPS) is 15.7. The van der Waals surface area contributed by atoms with Crippen LogP contribution >= 0.6 is 0 Å². The standard InChI is InChI=1S/C70H145N5O5/c1-6-9-12-15-18-27-34-41-48-68(78)63-74(61-62-75(64-69(79)49-42-35-28-19-16-13-10-7-2)65-70(80)50-43-36-29-20-17-14-11-8-3)60-59-73-57-55-72(56-58-73)54-53-71(51-44-37-30-23-21-25-32-39-46-66(4)76)52-45-38-31-24-22-26-33-40-47-67(5)77/h66-70,76-80H,6-65H2,1-5H3/t66-,67?,68?,69?,70?/m1/s1. The number of piperazine rings is 1. The monoisotopic (exact) mass is 1140 g/mol. The van der Waals surface area contributed by atoms with Crippen LogP contribution in [0.5, 0.6) is 0 Å². The molecule has 5 N–H and O–H groups in total. The predicted octanol–water partition coefficient (Wildman–Crippen LogP) is 16.0. The van der Waals surface area contributed by atoms with E-state index in [9.17, 15) is 25.5 Å². The van der Waals surface area contributed by atoms with E-state index >= 15 is 0 Å². The van der Waals surface area contributed by atoms with Crippen LogP contribution in [0.15, 0.2) is 0 Å². The van der Waals surface area contributed by atoms with Gasteiger partial charge >= 0.3 is 0 Å². The molecule has 0 aliphatic carbocycles. The van der Waals surface area contributed by atoms with Crippen LogP contribution in [0.1, 0.15) is 324 Å². The summed E-state index contributed by atoms with van der Waals surface area (Å²) < 4.78 is 0. The van der Waals surface area contributed by atoms with Crippen molar-refractivity contribution in [2.24, 2.45) is 0 Å². The van der Waals surface area contributed by atoms with Crippen molar-refractivity contribution in [2.45, 2.75) is 354 Å². The van der Waals surface area contributed by atoms with E-state index in [1.807, 2.05) is 13.8 Å². The van der Waals surface area contributed by atoms with Gasteiger partial charge in [0.05, 0.1) is 30.5 Å². The first-order chi connectivity index (χ1) is 39.1. The van der Waals surface area contributed by atoms with Crippen molar-refractivity contribution in [3.63, 3.8) is 0 Å². The van der Waals surface area contributed by atoms with Gasteiger partial charge in [-0.2, -0.15) is 0 Å². The van der Waals surface area contributed by atoms with E-state index in [-0.39, 0.29) is 30.5 Å². The minimum Gasteiger partial charge on any atom is -0.393 e. The number of nitrogens with zero attached hydrogens (tertiary/aromatic N) is 5. The highest BCUT2D eigenvalue weighted by molar-refractivity contribution is 4.78. The second kappa shape index (κ2) is 59.0. The molecule has 0 amide bonds. The van der Waals surface area contributed by atoms with Gasteiger partial charge in [-0.15, -0.1) is 0 Å². The Morgan fingerprint density at radius 3 is 0.800 bits per heavy atom. The smallest absolute Gasteiger partial charge is 0.0667 e. The summed E-state index contributed by atoms with van der Waals surface area (Å²) in [5.74, 6) is 0. The van der Waals surface area contributed by atoms with Gasteiger partial charge in [-0.1, -0.05) is 265 Å². The summed E-state index contributed by atoms with van der Waals surface area (Å²) in [5, 5.41) is 53.5. The van der Waals surface area contributed by atoms with Gasteiger partial charge < -0.3 is 30.4 Å². The molecule has 80 heavy (non-hydrogen) atoms. The molecule has 4 unspecified atom stereocenters. The van der Waals surface area contributed by atoms with E-state index in [4.69, 9.17) is 0 Å². The minimum atomic E-state index is -0.370. The minimum absolute atomic E-state index is 0.155. The first kappa shape index (κ1) is 77.6. The zero-order valence-electron chi connectivity index (χ0n) is 54.8. The van der Waals surface area contributed by atoms with Crippen LogP contribution in [0.3, 0.4) is 0 Å². The Labute approximate surface area is 500 Å². The van der Waals surface area contributed by atoms with Crippen LogP contribution in [0.4, 0.5) is 0 Å². The Bertz CT molecular complexity index is 1150. The van der Waals surface area contributed by atoms with Crippen molar-refractivity contribution in [3.05, 3.63) is 0 Å². The second-order valence-electron chi connectivity index (χ2n) is 26.3. The maximum atomic E-state index is 11.5. The molecule has 1 aliphatic heterocycles. The van der Waals surface area contributed by atoms with E-state index in [1.54, 1.807) is 0 Å². The maximum Gasteiger partial charge on any atom is 0.0667 e. The van der Waals surface area contributed by atoms with Crippen molar-refractivity contribution in [2.75, 3.05) is 98.2 Å². The molecule has 1 heterocycles. The van der Waals surface area contributed by atoms with Crippen LogP contribution in [0, 0.1) is 0 Å². The molecule has 0 aromatic heterocycles. The van der Waals surface area contributed by atoms with Gasteiger partial charge in [-0.25, -0.2) is 0 Å². The SMILES string of the molecule is CCCCCCCCCCC(O)CN(CCN1CCN(CCN(CCCCCCCCCCC(C)O)CCCCCCCCCC[C@@H](C)O)CC1)CCN(CC(O)CCCCCCCCCC)CC(O)CCCCCCCCCC. The van der Waals surface area contributed by atoms with Crippen molar-refractivity contribution in [3.8, 4) is 0 Å². The summed E-state index contributed by atoms with van der Waals surface area (Å²) in [5.41, 5.74) is 0. The molecule has 10 heteroatoms. The fourth-order valence-corrected chi connectivity index (χ4v) is 12.4. The number of unbranched alkanes of at least 4 members (excludes halogenated alkanes) is 35. The molecule has 1 saturated heterocycles. The Kier molecular flexibility index (Phi) is 57.2. The highest BCUT2D eigenvalue weighted by Gasteiger charge is 2.22. The lowest BCUT2D eigenvalue weighted by atomic mass is 10.0. The van der Waals surface area contributed by atoms with Crippen LogP contribution in [0.2, 0.25) is 0 Å².